The summed E-state index contributed by atoms with van der Waals surface area (Å²) in [5.74, 6) is -2.34. The van der Waals surface area contributed by atoms with E-state index in [9.17, 15) is 18.8 Å². The van der Waals surface area contributed by atoms with Crippen LogP contribution in [0.4, 0.5) is 20.7 Å². The number of carbonyl (C=O) groups is 3. The van der Waals surface area contributed by atoms with E-state index in [1.807, 2.05) is 0 Å². The predicted octanol–water partition coefficient (Wildman–Crippen LogP) is 1.27. The second-order valence-electron chi connectivity index (χ2n) is 6.52. The molecule has 4 N–H and O–H groups in total. The molecule has 0 radical (unpaired) electrons. The normalized spacial score (nSPS) is 17.0. The van der Waals surface area contributed by atoms with Gasteiger partial charge in [-0.15, -0.1) is 0 Å². The van der Waals surface area contributed by atoms with E-state index in [1.54, 1.807) is 19.1 Å². The van der Waals surface area contributed by atoms with Crippen molar-refractivity contribution in [3.8, 4) is 11.1 Å². The number of aromatic nitrogens is 1. The molecule has 9 nitrogen and oxygen atoms in total. The quantitative estimate of drug-likeness (QED) is 0.666. The molecule has 152 valence electrons. The molecule has 2 aromatic rings. The van der Waals surface area contributed by atoms with Crippen molar-refractivity contribution in [2.24, 2.45) is 11.7 Å². The number of cyclic esters (lactones) is 1. The molecule has 1 aromatic carbocycles. The molecule has 3 rings (SSSR count). The lowest BCUT2D eigenvalue weighted by Crippen LogP contribution is -2.34. The highest BCUT2D eigenvalue weighted by Crippen LogP contribution is 2.30. The number of carbonyl (C=O) groups excluding carboxylic acids is 3. The molecule has 2 heterocycles. The summed E-state index contributed by atoms with van der Waals surface area (Å²) >= 11 is 0. The zero-order valence-corrected chi connectivity index (χ0v) is 15.5. The van der Waals surface area contributed by atoms with Crippen molar-refractivity contribution in [1.29, 1.82) is 0 Å². The number of primary amides is 1. The molecule has 0 aliphatic carbocycles. The molecular formula is C19H19FN4O5. The maximum absolute atomic E-state index is 14.8. The van der Waals surface area contributed by atoms with Crippen LogP contribution >= 0.6 is 0 Å². The first-order chi connectivity index (χ1) is 13.8. The Morgan fingerprint density at radius 2 is 2.17 bits per heavy atom. The van der Waals surface area contributed by atoms with E-state index in [4.69, 9.17) is 15.6 Å². The number of nitrogens with one attached hydrogen (secondary N) is 1. The van der Waals surface area contributed by atoms with Crippen molar-refractivity contribution >= 4 is 29.4 Å². The van der Waals surface area contributed by atoms with Crippen molar-refractivity contribution in [3.05, 3.63) is 42.3 Å². The molecule has 0 bridgehead atoms. The number of hydrogen-bond donors (Lipinski definition) is 3. The lowest BCUT2D eigenvalue weighted by atomic mass is 10.0. The number of benzene rings is 1. The minimum Gasteiger partial charge on any atom is -0.443 e. The van der Waals surface area contributed by atoms with Gasteiger partial charge in [-0.3, -0.25) is 14.5 Å². The van der Waals surface area contributed by atoms with Crippen molar-refractivity contribution in [2.75, 3.05) is 23.4 Å². The van der Waals surface area contributed by atoms with E-state index in [2.05, 4.69) is 10.3 Å². The highest BCUT2D eigenvalue weighted by Gasteiger charge is 2.37. The Labute approximate surface area is 165 Å². The molecule has 0 saturated carbocycles. The second kappa shape index (κ2) is 8.23. The second-order valence-corrected chi connectivity index (χ2v) is 6.52. The van der Waals surface area contributed by atoms with Crippen LogP contribution in [0.2, 0.25) is 0 Å². The third-order valence-electron chi connectivity index (χ3n) is 4.59. The average molecular weight is 402 g/mol. The zero-order valence-electron chi connectivity index (χ0n) is 15.5. The standard InChI is InChI=1S/C19H19FN4O5/c1-10(18(21)27)15-8-24(19(28)29-15)12-2-3-13(14(20)7-12)11-4-5-22-16(6-11)23-17(26)9-25/h2-7,10,15,25H,8-9H2,1H3,(H2,21,27)(H,22,23,26). The predicted molar refractivity (Wildman–Crippen MR) is 101 cm³/mol. The summed E-state index contributed by atoms with van der Waals surface area (Å²) in [7, 11) is 0. The van der Waals surface area contributed by atoms with Crippen LogP contribution in [0.1, 0.15) is 6.92 Å². The molecule has 0 spiro atoms. The summed E-state index contributed by atoms with van der Waals surface area (Å²) < 4.78 is 19.9. The molecule has 29 heavy (non-hydrogen) atoms. The molecule has 1 saturated heterocycles. The molecule has 2 unspecified atom stereocenters. The topological polar surface area (TPSA) is 135 Å². The average Bonchev–Trinajstić information content (AvgIpc) is 3.08. The Kier molecular flexibility index (Phi) is 5.74. The van der Waals surface area contributed by atoms with Gasteiger partial charge in [-0.25, -0.2) is 14.2 Å². The van der Waals surface area contributed by atoms with Gasteiger partial charge in [0.15, 0.2) is 0 Å². The number of nitrogens with zero attached hydrogens (tertiary/aromatic N) is 2. The van der Waals surface area contributed by atoms with Gasteiger partial charge < -0.3 is 20.9 Å². The zero-order chi connectivity index (χ0) is 21.1. The van der Waals surface area contributed by atoms with Crippen LogP contribution in [0.15, 0.2) is 36.5 Å². The van der Waals surface area contributed by atoms with Crippen LogP contribution in [0.25, 0.3) is 11.1 Å². The molecule has 1 aromatic heterocycles. The van der Waals surface area contributed by atoms with Crippen molar-refractivity contribution in [3.63, 3.8) is 0 Å². The fourth-order valence-corrected chi connectivity index (χ4v) is 2.89. The van der Waals surface area contributed by atoms with Crippen molar-refractivity contribution < 1.29 is 28.6 Å². The van der Waals surface area contributed by atoms with Gasteiger partial charge in [0.2, 0.25) is 5.91 Å². The van der Waals surface area contributed by atoms with E-state index >= 15 is 0 Å². The van der Waals surface area contributed by atoms with Crippen LogP contribution in [0.5, 0.6) is 0 Å². The summed E-state index contributed by atoms with van der Waals surface area (Å²) in [6, 6.07) is 7.22. The summed E-state index contributed by atoms with van der Waals surface area (Å²) in [6.07, 6.45) is -0.00245. The number of ether oxygens (including phenoxy) is 1. The van der Waals surface area contributed by atoms with Gasteiger partial charge in [0.25, 0.3) is 5.91 Å². The molecular weight excluding hydrogens is 383 g/mol. The molecule has 3 amide bonds. The third kappa shape index (κ3) is 4.32. The first-order valence-corrected chi connectivity index (χ1v) is 8.74. The van der Waals surface area contributed by atoms with Crippen LogP contribution in [-0.2, 0) is 14.3 Å². The summed E-state index contributed by atoms with van der Waals surface area (Å²) in [5, 5.41) is 11.2. The smallest absolute Gasteiger partial charge is 0.414 e. The number of aliphatic hydroxyl groups excluding tert-OH is 1. The molecule has 1 fully saturated rings. The number of amides is 3. The van der Waals surface area contributed by atoms with Gasteiger partial charge in [-0.1, -0.05) is 0 Å². The summed E-state index contributed by atoms with van der Waals surface area (Å²) in [4.78, 5) is 39.9. The SMILES string of the molecule is CC(C(N)=O)C1CN(c2ccc(-c3ccnc(NC(=O)CO)c3)c(F)c2)C(=O)O1. The van der Waals surface area contributed by atoms with Crippen molar-refractivity contribution in [1.82, 2.24) is 4.98 Å². The minimum absolute atomic E-state index is 0.0777. The molecule has 2 atom stereocenters. The number of anilines is 2. The Morgan fingerprint density at radius 1 is 1.41 bits per heavy atom. The van der Waals surface area contributed by atoms with E-state index in [0.717, 1.165) is 0 Å². The highest BCUT2D eigenvalue weighted by atomic mass is 19.1. The van der Waals surface area contributed by atoms with Crippen LogP contribution < -0.4 is 16.0 Å². The number of hydrogen-bond acceptors (Lipinski definition) is 6. The Balaban J connectivity index is 1.83. The molecule has 1 aliphatic heterocycles. The van der Waals surface area contributed by atoms with E-state index in [1.165, 1.54) is 29.3 Å². The lowest BCUT2D eigenvalue weighted by Gasteiger charge is -2.16. The van der Waals surface area contributed by atoms with Crippen LogP contribution in [0, 0.1) is 11.7 Å². The van der Waals surface area contributed by atoms with Crippen LogP contribution in [-0.4, -0.2) is 47.3 Å². The van der Waals surface area contributed by atoms with Crippen LogP contribution in [0.3, 0.4) is 0 Å². The van der Waals surface area contributed by atoms with E-state index in [0.29, 0.717) is 5.56 Å². The maximum atomic E-state index is 14.8. The number of pyridine rings is 1. The van der Waals surface area contributed by atoms with Gasteiger partial charge in [-0.2, -0.15) is 0 Å². The number of rotatable bonds is 6. The first kappa shape index (κ1) is 20.2. The minimum atomic E-state index is -0.708. The molecule has 10 heteroatoms. The molecule has 1 aliphatic rings. The van der Waals surface area contributed by atoms with Gasteiger partial charge in [0, 0.05) is 11.8 Å². The van der Waals surface area contributed by atoms with E-state index in [-0.39, 0.29) is 23.6 Å². The number of aliphatic hydroxyl groups is 1. The largest absolute Gasteiger partial charge is 0.443 e. The lowest BCUT2D eigenvalue weighted by molar-refractivity contribution is -0.123. The van der Waals surface area contributed by atoms with E-state index < -0.39 is 42.4 Å². The fourth-order valence-electron chi connectivity index (χ4n) is 2.89. The number of halogens is 1. The summed E-state index contributed by atoms with van der Waals surface area (Å²) in [6.45, 7) is 0.939. The Hall–Kier alpha value is -3.53. The highest BCUT2D eigenvalue weighted by molar-refractivity contribution is 5.92. The fraction of sp³-hybridized carbons (Fsp3) is 0.263. The maximum Gasteiger partial charge on any atom is 0.414 e. The Morgan fingerprint density at radius 3 is 2.83 bits per heavy atom. The monoisotopic (exact) mass is 402 g/mol. The Bertz CT molecular complexity index is 967. The van der Waals surface area contributed by atoms with Gasteiger partial charge in [0.1, 0.15) is 24.3 Å². The number of nitrogens with two attached hydrogens (primary N) is 1. The van der Waals surface area contributed by atoms with Gasteiger partial charge in [-0.05, 0) is 42.8 Å². The van der Waals surface area contributed by atoms with Gasteiger partial charge in [0.05, 0.1) is 18.2 Å². The summed E-state index contributed by atoms with van der Waals surface area (Å²) in [5.41, 5.74) is 6.20. The third-order valence-corrected chi connectivity index (χ3v) is 4.59. The van der Waals surface area contributed by atoms with Crippen molar-refractivity contribution in [2.45, 2.75) is 13.0 Å². The first-order valence-electron chi connectivity index (χ1n) is 8.74. The van der Waals surface area contributed by atoms with Gasteiger partial charge >= 0.3 is 6.09 Å².